The second-order valence-corrected chi connectivity index (χ2v) is 8.27. The Labute approximate surface area is 185 Å². The summed E-state index contributed by atoms with van der Waals surface area (Å²) in [7, 11) is 0. The summed E-state index contributed by atoms with van der Waals surface area (Å²) in [6.07, 6.45) is 0. The smallest absolute Gasteiger partial charge is 0.253 e. The first-order valence-electron chi connectivity index (χ1n) is 10.9. The zero-order valence-corrected chi connectivity index (χ0v) is 18.3. The van der Waals surface area contributed by atoms with Crippen LogP contribution in [0.3, 0.4) is 0 Å². The molecule has 1 fully saturated rings. The molecule has 1 atom stereocenters. The van der Waals surface area contributed by atoms with E-state index in [1.165, 1.54) is 0 Å². The molecule has 2 aromatic carbocycles. The molecule has 5 rings (SSSR count). The fourth-order valence-corrected chi connectivity index (χ4v) is 4.41. The van der Waals surface area contributed by atoms with Crippen molar-refractivity contribution in [2.45, 2.75) is 26.4 Å². The molecule has 8 heteroatoms. The summed E-state index contributed by atoms with van der Waals surface area (Å²) in [5.74, 6) is 0.658. The van der Waals surface area contributed by atoms with E-state index in [1.54, 1.807) is 4.68 Å². The molecule has 4 aromatic rings. The van der Waals surface area contributed by atoms with Crippen molar-refractivity contribution in [1.82, 2.24) is 30.1 Å². The van der Waals surface area contributed by atoms with Gasteiger partial charge in [0.1, 0.15) is 6.04 Å². The van der Waals surface area contributed by atoms with E-state index in [-0.39, 0.29) is 11.6 Å². The summed E-state index contributed by atoms with van der Waals surface area (Å²) in [5, 5.41) is 13.7. The first-order valence-corrected chi connectivity index (χ1v) is 10.9. The number of nitrogens with one attached hydrogen (secondary N) is 1. The minimum atomic E-state index is -0.370. The van der Waals surface area contributed by atoms with Gasteiger partial charge in [-0.15, -0.1) is 5.10 Å². The van der Waals surface area contributed by atoms with Crippen LogP contribution >= 0.6 is 0 Å². The number of ether oxygens (including phenoxy) is 1. The van der Waals surface area contributed by atoms with Gasteiger partial charge in [0.2, 0.25) is 0 Å². The highest BCUT2D eigenvalue weighted by molar-refractivity contribution is 5.85. The maximum atomic E-state index is 13.4. The van der Waals surface area contributed by atoms with Crippen molar-refractivity contribution in [3.8, 4) is 0 Å². The van der Waals surface area contributed by atoms with Crippen LogP contribution in [0.4, 0.5) is 0 Å². The van der Waals surface area contributed by atoms with Crippen molar-refractivity contribution in [3.05, 3.63) is 87.0 Å². The maximum Gasteiger partial charge on any atom is 0.253 e. The van der Waals surface area contributed by atoms with Crippen LogP contribution in [0.15, 0.2) is 53.3 Å². The molecular formula is C24H26N6O2. The van der Waals surface area contributed by atoms with E-state index in [1.807, 2.05) is 49.4 Å². The Morgan fingerprint density at radius 2 is 1.81 bits per heavy atom. The molecule has 1 aliphatic rings. The normalized spacial score (nSPS) is 15.8. The van der Waals surface area contributed by atoms with Gasteiger partial charge in [0.25, 0.3) is 5.56 Å². The average molecular weight is 431 g/mol. The molecule has 1 unspecified atom stereocenters. The number of aromatic amines is 1. The van der Waals surface area contributed by atoms with Crippen molar-refractivity contribution < 1.29 is 4.74 Å². The molecule has 0 bridgehead atoms. The molecule has 2 aromatic heterocycles. The minimum absolute atomic E-state index is 0.114. The summed E-state index contributed by atoms with van der Waals surface area (Å²) < 4.78 is 7.37. The van der Waals surface area contributed by atoms with Crippen LogP contribution in [0.1, 0.15) is 34.1 Å². The Balaban J connectivity index is 1.65. The molecule has 8 nitrogen and oxygen atoms in total. The third-order valence-corrected chi connectivity index (χ3v) is 6.16. The average Bonchev–Trinajstić information content (AvgIpc) is 3.26. The number of fused-ring (bicyclic) bond motifs is 1. The predicted octanol–water partition coefficient (Wildman–Crippen LogP) is 2.60. The van der Waals surface area contributed by atoms with Gasteiger partial charge in [-0.25, -0.2) is 4.68 Å². The van der Waals surface area contributed by atoms with Crippen LogP contribution in [0, 0.1) is 13.8 Å². The standard InChI is InChI=1S/C24H26N6O2/c1-16-8-9-17(2)21-19(16)14-20(24(31)25-21)22(29-10-12-32-13-11-29)23-26-27-28-30(23)15-18-6-4-3-5-7-18/h3-9,14,22H,10-13,15H2,1-2H3,(H,25,31). The Hall–Kier alpha value is -3.36. The lowest BCUT2D eigenvalue weighted by molar-refractivity contribution is 0.0214. The molecule has 0 saturated carbocycles. The topological polar surface area (TPSA) is 88.9 Å². The van der Waals surface area contributed by atoms with Gasteiger partial charge in [-0.3, -0.25) is 9.69 Å². The molecule has 164 valence electrons. The summed E-state index contributed by atoms with van der Waals surface area (Å²) in [4.78, 5) is 18.7. The number of nitrogens with zero attached hydrogens (tertiary/aromatic N) is 5. The predicted molar refractivity (Wildman–Crippen MR) is 122 cm³/mol. The zero-order valence-electron chi connectivity index (χ0n) is 18.3. The number of aromatic nitrogens is 5. The number of benzene rings is 2. The van der Waals surface area contributed by atoms with Crippen molar-refractivity contribution in [2.75, 3.05) is 26.3 Å². The molecular weight excluding hydrogens is 404 g/mol. The fourth-order valence-electron chi connectivity index (χ4n) is 4.41. The van der Waals surface area contributed by atoms with Crippen molar-refractivity contribution >= 4 is 10.9 Å². The molecule has 32 heavy (non-hydrogen) atoms. The van der Waals surface area contributed by atoms with Crippen LogP contribution in [-0.2, 0) is 11.3 Å². The Kier molecular flexibility index (Phi) is 5.55. The van der Waals surface area contributed by atoms with E-state index in [0.29, 0.717) is 44.2 Å². The molecule has 0 amide bonds. The molecule has 0 aliphatic carbocycles. The van der Waals surface area contributed by atoms with Crippen LogP contribution in [-0.4, -0.2) is 56.4 Å². The highest BCUT2D eigenvalue weighted by Crippen LogP contribution is 2.29. The number of morpholine rings is 1. The van der Waals surface area contributed by atoms with Crippen molar-refractivity contribution in [2.24, 2.45) is 0 Å². The lowest BCUT2D eigenvalue weighted by Crippen LogP contribution is -2.42. The Bertz CT molecular complexity index is 1290. The van der Waals surface area contributed by atoms with Gasteiger partial charge >= 0.3 is 0 Å². The van der Waals surface area contributed by atoms with E-state index >= 15 is 0 Å². The first-order chi connectivity index (χ1) is 15.6. The van der Waals surface area contributed by atoms with Gasteiger partial charge in [0.15, 0.2) is 5.82 Å². The zero-order chi connectivity index (χ0) is 22.1. The van der Waals surface area contributed by atoms with Gasteiger partial charge in [-0.2, -0.15) is 0 Å². The summed E-state index contributed by atoms with van der Waals surface area (Å²) >= 11 is 0. The van der Waals surface area contributed by atoms with Crippen molar-refractivity contribution in [1.29, 1.82) is 0 Å². The van der Waals surface area contributed by atoms with E-state index < -0.39 is 0 Å². The lowest BCUT2D eigenvalue weighted by atomic mass is 9.99. The third kappa shape index (κ3) is 3.83. The number of aryl methyl sites for hydroxylation is 2. The Morgan fingerprint density at radius 3 is 2.59 bits per heavy atom. The molecule has 1 N–H and O–H groups in total. The van der Waals surface area contributed by atoms with Crippen LogP contribution in [0.2, 0.25) is 0 Å². The van der Waals surface area contributed by atoms with Crippen LogP contribution in [0.5, 0.6) is 0 Å². The number of rotatable bonds is 5. The summed E-state index contributed by atoms with van der Waals surface area (Å²) in [6.45, 7) is 7.24. The van der Waals surface area contributed by atoms with E-state index in [2.05, 4.69) is 38.4 Å². The van der Waals surface area contributed by atoms with Gasteiger partial charge < -0.3 is 9.72 Å². The van der Waals surface area contributed by atoms with Gasteiger partial charge in [0.05, 0.1) is 25.3 Å². The molecule has 1 saturated heterocycles. The second-order valence-electron chi connectivity index (χ2n) is 8.27. The molecule has 0 radical (unpaired) electrons. The fraction of sp³-hybridized carbons (Fsp3) is 0.333. The minimum Gasteiger partial charge on any atom is -0.379 e. The number of hydrogen-bond donors (Lipinski definition) is 1. The maximum absolute atomic E-state index is 13.4. The van der Waals surface area contributed by atoms with Crippen LogP contribution < -0.4 is 5.56 Å². The summed E-state index contributed by atoms with van der Waals surface area (Å²) in [5.41, 5.74) is 4.68. The van der Waals surface area contributed by atoms with Crippen molar-refractivity contribution in [3.63, 3.8) is 0 Å². The number of tetrazole rings is 1. The molecule has 1 aliphatic heterocycles. The molecule has 0 spiro atoms. The number of hydrogen-bond acceptors (Lipinski definition) is 6. The monoisotopic (exact) mass is 430 g/mol. The number of pyridine rings is 1. The highest BCUT2D eigenvalue weighted by atomic mass is 16.5. The van der Waals surface area contributed by atoms with Gasteiger partial charge in [-0.05, 0) is 47.0 Å². The SMILES string of the molecule is Cc1ccc(C)c2[nH]c(=O)c(C(c3nnnn3Cc3ccccc3)N3CCOCC3)cc12. The Morgan fingerprint density at radius 1 is 1.06 bits per heavy atom. The number of H-pyrrole nitrogens is 1. The summed E-state index contributed by atoms with van der Waals surface area (Å²) in [6, 6.07) is 15.8. The second kappa shape index (κ2) is 8.64. The van der Waals surface area contributed by atoms with E-state index in [9.17, 15) is 4.79 Å². The largest absolute Gasteiger partial charge is 0.379 e. The quantitative estimate of drug-likeness (QED) is 0.524. The molecule has 3 heterocycles. The first kappa shape index (κ1) is 20.5. The van der Waals surface area contributed by atoms with Gasteiger partial charge in [0, 0.05) is 24.0 Å². The van der Waals surface area contributed by atoms with Gasteiger partial charge in [-0.1, -0.05) is 42.5 Å². The highest BCUT2D eigenvalue weighted by Gasteiger charge is 2.31. The van der Waals surface area contributed by atoms with Crippen LogP contribution in [0.25, 0.3) is 10.9 Å². The third-order valence-electron chi connectivity index (χ3n) is 6.16. The van der Waals surface area contributed by atoms with E-state index in [0.717, 1.165) is 27.6 Å². The lowest BCUT2D eigenvalue weighted by Gasteiger charge is -2.33. The van der Waals surface area contributed by atoms with E-state index in [4.69, 9.17) is 4.74 Å².